The molecule has 4 N–H and O–H groups in total. The summed E-state index contributed by atoms with van der Waals surface area (Å²) in [5, 5.41) is 17.3. The molecule has 8 heteroatoms. The van der Waals surface area contributed by atoms with Crippen LogP contribution in [0.5, 0.6) is 5.75 Å². The second-order valence-electron chi connectivity index (χ2n) is 5.79. The van der Waals surface area contributed by atoms with Crippen LogP contribution < -0.4 is 5.73 Å². The first-order valence-electron chi connectivity index (χ1n) is 6.69. The summed E-state index contributed by atoms with van der Waals surface area (Å²) in [6, 6.07) is 3.60. The molecule has 0 saturated heterocycles. The van der Waals surface area contributed by atoms with Gasteiger partial charge in [-0.05, 0) is 39.8 Å². The second kappa shape index (κ2) is 6.47. The van der Waals surface area contributed by atoms with E-state index in [9.17, 15) is 19.5 Å². The quantitative estimate of drug-likeness (QED) is 0.432. The number of amides is 2. The lowest BCUT2D eigenvalue weighted by Gasteiger charge is -2.25. The molecule has 1 rings (SSSR count). The summed E-state index contributed by atoms with van der Waals surface area (Å²) < 4.78 is 5.02. The molecule has 0 saturated carbocycles. The lowest BCUT2D eigenvalue weighted by molar-refractivity contribution is 0.0347. The van der Waals surface area contributed by atoms with Gasteiger partial charge in [0.1, 0.15) is 11.4 Å². The van der Waals surface area contributed by atoms with E-state index in [0.717, 1.165) is 6.07 Å². The summed E-state index contributed by atoms with van der Waals surface area (Å²) in [7, 11) is 0. The van der Waals surface area contributed by atoms with Gasteiger partial charge >= 0.3 is 6.09 Å². The van der Waals surface area contributed by atoms with Gasteiger partial charge in [-0.2, -0.15) is 4.90 Å². The van der Waals surface area contributed by atoms with Crippen molar-refractivity contribution in [2.75, 3.05) is 0 Å². The van der Waals surface area contributed by atoms with Crippen LogP contribution in [0.2, 0.25) is 0 Å². The number of nitrogens with one attached hydrogen (secondary N) is 1. The molecule has 0 aromatic heterocycles. The number of nitrogens with two attached hydrogens (primary N) is 1. The maximum atomic E-state index is 12.4. The van der Waals surface area contributed by atoms with Crippen molar-refractivity contribution in [1.82, 2.24) is 4.90 Å². The summed E-state index contributed by atoms with van der Waals surface area (Å²) in [6.45, 7) is 6.07. The monoisotopic (exact) mass is 321 g/mol. The molecule has 0 aliphatic rings. The van der Waals surface area contributed by atoms with Crippen LogP contribution in [0.25, 0.3) is 0 Å². The molecule has 0 fully saturated rings. The normalized spacial score (nSPS) is 10.8. The third kappa shape index (κ3) is 4.53. The Labute approximate surface area is 133 Å². The molecule has 1 aromatic rings. The largest absolute Gasteiger partial charge is 0.507 e. The van der Waals surface area contributed by atoms with E-state index in [1.807, 2.05) is 0 Å². The van der Waals surface area contributed by atoms with Gasteiger partial charge in [0.25, 0.3) is 5.91 Å². The average Bonchev–Trinajstić information content (AvgIpc) is 2.35. The minimum atomic E-state index is -1.13. The van der Waals surface area contributed by atoms with Crippen molar-refractivity contribution in [3.63, 3.8) is 0 Å². The SMILES string of the molecule is CC(=O)c1ccc(C(=O)N(C(=N)N)C(=O)OC(C)(C)C)c(O)c1. The number of rotatable bonds is 2. The topological polar surface area (TPSA) is 134 Å². The zero-order valence-electron chi connectivity index (χ0n) is 13.3. The number of hydrogen-bond acceptors (Lipinski definition) is 6. The second-order valence-corrected chi connectivity index (χ2v) is 5.79. The van der Waals surface area contributed by atoms with Crippen molar-refractivity contribution in [1.29, 1.82) is 5.41 Å². The predicted molar refractivity (Wildman–Crippen MR) is 82.4 cm³/mol. The first kappa shape index (κ1) is 18.1. The van der Waals surface area contributed by atoms with E-state index in [4.69, 9.17) is 15.9 Å². The smallest absolute Gasteiger partial charge is 0.424 e. The Kier molecular flexibility index (Phi) is 5.11. The highest BCUT2D eigenvalue weighted by molar-refractivity contribution is 6.15. The predicted octanol–water partition coefficient (Wildman–Crippen LogP) is 1.87. The Balaban J connectivity index is 3.20. The molecule has 1 aromatic carbocycles. The lowest BCUT2D eigenvalue weighted by atomic mass is 10.1. The maximum absolute atomic E-state index is 12.4. The van der Waals surface area contributed by atoms with E-state index in [0.29, 0.717) is 4.90 Å². The van der Waals surface area contributed by atoms with Crippen molar-refractivity contribution < 1.29 is 24.2 Å². The number of ketones is 1. The standard InChI is InChI=1S/C15H19N3O5/c1-8(19)9-5-6-10(11(20)7-9)12(21)18(13(16)17)14(22)23-15(2,3)4/h5-7,20H,1-4H3,(H3,16,17). The molecule has 0 aliphatic carbocycles. The number of phenolic OH excluding ortho intramolecular Hbond substituents is 1. The van der Waals surface area contributed by atoms with Gasteiger partial charge in [-0.1, -0.05) is 6.07 Å². The molecule has 0 heterocycles. The van der Waals surface area contributed by atoms with Gasteiger partial charge in [-0.3, -0.25) is 15.0 Å². The third-order valence-electron chi connectivity index (χ3n) is 2.65. The Bertz CT molecular complexity index is 676. The van der Waals surface area contributed by atoms with Crippen LogP contribution >= 0.6 is 0 Å². The van der Waals surface area contributed by atoms with E-state index in [-0.39, 0.29) is 16.9 Å². The maximum Gasteiger partial charge on any atom is 0.424 e. The number of Topliss-reactive ketones (excluding diaryl/α,β-unsaturated/α-hetero) is 1. The Morgan fingerprint density at radius 1 is 1.26 bits per heavy atom. The number of carbonyl (C=O) groups excluding carboxylic acids is 3. The van der Waals surface area contributed by atoms with Gasteiger partial charge in [0, 0.05) is 5.56 Å². The number of benzene rings is 1. The number of phenols is 1. The Hall–Kier alpha value is -2.90. The van der Waals surface area contributed by atoms with E-state index in [1.165, 1.54) is 19.1 Å². The number of ether oxygens (including phenoxy) is 1. The Morgan fingerprint density at radius 2 is 1.83 bits per heavy atom. The summed E-state index contributed by atoms with van der Waals surface area (Å²) in [4.78, 5) is 36.0. The van der Waals surface area contributed by atoms with Gasteiger partial charge in [0.05, 0.1) is 5.56 Å². The molecule has 124 valence electrons. The minimum absolute atomic E-state index is 0.200. The fraction of sp³-hybridized carbons (Fsp3) is 0.333. The van der Waals surface area contributed by atoms with Crippen LogP contribution in [-0.4, -0.2) is 39.4 Å². The molecule has 0 radical (unpaired) electrons. The molecule has 0 aliphatic heterocycles. The summed E-state index contributed by atoms with van der Waals surface area (Å²) in [6.07, 6.45) is -1.13. The van der Waals surface area contributed by atoms with Crippen LogP contribution in [0.15, 0.2) is 18.2 Å². The van der Waals surface area contributed by atoms with Gasteiger partial charge in [-0.15, -0.1) is 0 Å². The molecule has 0 bridgehead atoms. The highest BCUT2D eigenvalue weighted by Crippen LogP contribution is 2.22. The fourth-order valence-electron chi connectivity index (χ4n) is 1.65. The van der Waals surface area contributed by atoms with Gasteiger partial charge in [0.15, 0.2) is 5.78 Å². The van der Waals surface area contributed by atoms with Crippen LogP contribution in [-0.2, 0) is 4.74 Å². The number of guanidine groups is 1. The van der Waals surface area contributed by atoms with Crippen molar-refractivity contribution in [3.05, 3.63) is 29.3 Å². The molecular weight excluding hydrogens is 302 g/mol. The molecule has 0 spiro atoms. The molecule has 23 heavy (non-hydrogen) atoms. The van der Waals surface area contributed by atoms with Crippen LogP contribution in [0.1, 0.15) is 48.4 Å². The summed E-state index contributed by atoms with van der Waals surface area (Å²) >= 11 is 0. The van der Waals surface area contributed by atoms with Gasteiger partial charge in [0.2, 0.25) is 5.96 Å². The minimum Gasteiger partial charge on any atom is -0.507 e. The van der Waals surface area contributed by atoms with Crippen LogP contribution in [0.4, 0.5) is 4.79 Å². The summed E-state index contributed by atoms with van der Waals surface area (Å²) in [5.74, 6) is -2.67. The molecule has 2 amide bonds. The Morgan fingerprint density at radius 3 is 2.22 bits per heavy atom. The van der Waals surface area contributed by atoms with Crippen molar-refractivity contribution in [2.45, 2.75) is 33.3 Å². The van der Waals surface area contributed by atoms with Gasteiger partial charge in [-0.25, -0.2) is 4.79 Å². The number of aromatic hydroxyl groups is 1. The average molecular weight is 321 g/mol. The third-order valence-corrected chi connectivity index (χ3v) is 2.65. The zero-order valence-corrected chi connectivity index (χ0v) is 13.3. The van der Waals surface area contributed by atoms with E-state index in [2.05, 4.69) is 0 Å². The van der Waals surface area contributed by atoms with Crippen LogP contribution in [0, 0.1) is 5.41 Å². The van der Waals surface area contributed by atoms with E-state index < -0.39 is 29.3 Å². The fourth-order valence-corrected chi connectivity index (χ4v) is 1.65. The summed E-state index contributed by atoms with van der Waals surface area (Å²) in [5.41, 5.74) is 4.30. The molecular formula is C15H19N3O5. The van der Waals surface area contributed by atoms with E-state index >= 15 is 0 Å². The lowest BCUT2D eigenvalue weighted by Crippen LogP contribution is -2.47. The van der Waals surface area contributed by atoms with Crippen molar-refractivity contribution in [3.8, 4) is 5.75 Å². The highest BCUT2D eigenvalue weighted by Gasteiger charge is 2.31. The zero-order chi connectivity index (χ0) is 17.9. The molecule has 0 unspecified atom stereocenters. The first-order chi connectivity index (χ1) is 10.4. The number of imide groups is 1. The molecule has 0 atom stereocenters. The van der Waals surface area contributed by atoms with Crippen molar-refractivity contribution in [2.24, 2.45) is 5.73 Å². The number of nitrogens with zero attached hydrogens (tertiary/aromatic N) is 1. The number of carbonyl (C=O) groups is 3. The van der Waals surface area contributed by atoms with Crippen molar-refractivity contribution >= 4 is 23.7 Å². The molecule has 8 nitrogen and oxygen atoms in total. The highest BCUT2D eigenvalue weighted by atomic mass is 16.6. The van der Waals surface area contributed by atoms with Crippen LogP contribution in [0.3, 0.4) is 0 Å². The first-order valence-corrected chi connectivity index (χ1v) is 6.69. The van der Waals surface area contributed by atoms with E-state index in [1.54, 1.807) is 20.8 Å². The number of hydrogen-bond donors (Lipinski definition) is 3. The van der Waals surface area contributed by atoms with Gasteiger partial charge < -0.3 is 15.6 Å².